The van der Waals surface area contributed by atoms with Gasteiger partial charge < -0.3 is 29.7 Å². The number of aliphatic hydroxyl groups excluding tert-OH is 1. The molecule has 2 fully saturated rings. The van der Waals surface area contributed by atoms with Crippen LogP contribution < -0.4 is 19.9 Å². The number of Topliss-reactive ketones (excluding diaryl/α,β-unsaturated/α-hetero) is 1. The number of likely N-dealkylation sites (tertiary alicyclic amines) is 1. The van der Waals surface area contributed by atoms with E-state index in [9.17, 15) is 29.5 Å². The number of benzene rings is 4. The quantitative estimate of drug-likeness (QED) is 0.0637. The third-order valence-electron chi connectivity index (χ3n) is 12.7. The highest BCUT2D eigenvalue weighted by Crippen LogP contribution is 2.38. The molecule has 7 rings (SSSR count). The summed E-state index contributed by atoms with van der Waals surface area (Å²) in [6, 6.07) is 29.5. The Morgan fingerprint density at radius 1 is 0.957 bits per heavy atom. The van der Waals surface area contributed by atoms with Crippen LogP contribution in [0.1, 0.15) is 82.7 Å². The number of thiazole rings is 1. The summed E-state index contributed by atoms with van der Waals surface area (Å²) >= 11 is 7.46. The molecule has 15 heteroatoms. The number of carbonyl (C=O) groups is 4. The van der Waals surface area contributed by atoms with Gasteiger partial charge in [0.05, 0.1) is 52.2 Å². The van der Waals surface area contributed by atoms with E-state index in [0.29, 0.717) is 54.6 Å². The molecule has 69 heavy (non-hydrogen) atoms. The normalized spacial score (nSPS) is 17.2. The number of hydrogen-bond acceptors (Lipinski definition) is 11. The Bertz CT molecular complexity index is 2740. The van der Waals surface area contributed by atoms with Gasteiger partial charge >= 0.3 is 0 Å². The lowest BCUT2D eigenvalue weighted by molar-refractivity contribution is -0.144. The molecule has 0 spiro atoms. The van der Waals surface area contributed by atoms with Crippen LogP contribution in [0.2, 0.25) is 0 Å². The zero-order chi connectivity index (χ0) is 49.6. The van der Waals surface area contributed by atoms with E-state index in [1.807, 2.05) is 138 Å². The molecule has 13 nitrogen and oxygen atoms in total. The topological polar surface area (TPSA) is 165 Å². The second-order valence-electron chi connectivity index (χ2n) is 19.3. The SMILES string of the molecule is Cc1cc(N2C(=O)C(C)(C)N(c3ccc(-c4cccc(OCCCCOCC(=O)N[C@H](C(=O)N5C[C@H](O)C[C@H]5C(=O)CCc5ccc(-c6scnc6C)cc5)C(C)(C)C)c4)cc3)C2=S)ccc1C#N. The number of hydrogen-bond donors (Lipinski definition) is 2. The van der Waals surface area contributed by atoms with E-state index < -0.39 is 41.0 Å². The number of β-amino-alcohol motifs (C(OH)–C–C–N with tert-alkyl or cyclic N) is 1. The summed E-state index contributed by atoms with van der Waals surface area (Å²) in [5, 5.41) is 23.2. The summed E-state index contributed by atoms with van der Waals surface area (Å²) in [6.07, 6.45) is 1.37. The molecule has 5 aromatic rings. The van der Waals surface area contributed by atoms with Crippen molar-refractivity contribution in [1.29, 1.82) is 5.26 Å². The largest absolute Gasteiger partial charge is 0.494 e. The molecule has 0 aliphatic carbocycles. The van der Waals surface area contributed by atoms with Crippen LogP contribution in [0.3, 0.4) is 0 Å². The van der Waals surface area contributed by atoms with Crippen LogP contribution in [0.25, 0.3) is 21.6 Å². The number of anilines is 2. The maximum atomic E-state index is 14.0. The minimum atomic E-state index is -0.937. The summed E-state index contributed by atoms with van der Waals surface area (Å²) in [4.78, 5) is 64.7. The molecule has 3 amide bonds. The first-order chi connectivity index (χ1) is 32.9. The van der Waals surface area contributed by atoms with Gasteiger partial charge in [0.1, 0.15) is 23.9 Å². The van der Waals surface area contributed by atoms with Crippen LogP contribution in [0.15, 0.2) is 96.5 Å². The van der Waals surface area contributed by atoms with Crippen molar-refractivity contribution < 1.29 is 33.8 Å². The van der Waals surface area contributed by atoms with E-state index >= 15 is 0 Å². The Morgan fingerprint density at radius 2 is 1.65 bits per heavy atom. The molecule has 3 atom stereocenters. The Kier molecular flexibility index (Phi) is 15.8. The maximum absolute atomic E-state index is 14.0. The van der Waals surface area contributed by atoms with E-state index in [-0.39, 0.29) is 37.7 Å². The van der Waals surface area contributed by atoms with Gasteiger partial charge in [0.25, 0.3) is 5.91 Å². The van der Waals surface area contributed by atoms with Crippen molar-refractivity contribution in [2.45, 2.75) is 104 Å². The monoisotopic (exact) mass is 968 g/mol. The standard InChI is InChI=1S/C54H60N6O7S2/c1-34-27-42(23-20-40(34)30-55)59-51(65)54(6,7)60(52(59)68)41-21-18-37(19-22-41)39-11-10-12-44(28-39)67-26-9-8-25-66-32-47(63)57-49(53(3,4)5)50(64)58-31-43(61)29-45(58)46(62)24-15-36-13-16-38(17-14-36)48-35(2)56-33-69-48/h10-14,16-23,27-28,33,43,45,49,61H,8-9,15,24-26,29,31-32H2,1-7H3,(H,57,63)/t43-,45+,49-/m1/s1. The lowest BCUT2D eigenvalue weighted by atomic mass is 9.85. The predicted octanol–water partition coefficient (Wildman–Crippen LogP) is 8.75. The van der Waals surface area contributed by atoms with Crippen LogP contribution in [-0.4, -0.2) is 93.7 Å². The minimum absolute atomic E-state index is 0.0240. The number of nitrogens with zero attached hydrogens (tertiary/aromatic N) is 5. The first kappa shape index (κ1) is 50.6. The van der Waals surface area contributed by atoms with Gasteiger partial charge in [-0.1, -0.05) is 69.3 Å². The molecular weight excluding hydrogens is 909 g/mol. The van der Waals surface area contributed by atoms with Crippen molar-refractivity contribution in [2.24, 2.45) is 5.41 Å². The molecular formula is C54H60N6O7S2. The van der Waals surface area contributed by atoms with Crippen LogP contribution in [0.4, 0.5) is 11.4 Å². The van der Waals surface area contributed by atoms with Gasteiger partial charge in [0.15, 0.2) is 10.9 Å². The average Bonchev–Trinajstić information content (AvgIpc) is 3.99. The number of unbranched alkanes of at least 4 members (excludes halogenated alkanes) is 1. The first-order valence-electron chi connectivity index (χ1n) is 23.3. The van der Waals surface area contributed by atoms with E-state index in [0.717, 1.165) is 44.1 Å². The van der Waals surface area contributed by atoms with Gasteiger partial charge in [0, 0.05) is 31.7 Å². The van der Waals surface area contributed by atoms with Crippen molar-refractivity contribution in [1.82, 2.24) is 15.2 Å². The Labute approximate surface area is 414 Å². The van der Waals surface area contributed by atoms with E-state index in [1.54, 1.807) is 23.5 Å². The van der Waals surface area contributed by atoms with Crippen LogP contribution >= 0.6 is 23.6 Å². The Balaban J connectivity index is 0.849. The van der Waals surface area contributed by atoms with Crippen molar-refractivity contribution in [3.8, 4) is 33.4 Å². The number of ketones is 1. The Morgan fingerprint density at radius 3 is 2.32 bits per heavy atom. The molecule has 2 N–H and O–H groups in total. The van der Waals surface area contributed by atoms with Crippen molar-refractivity contribution in [3.05, 3.63) is 119 Å². The number of rotatable bonds is 18. The van der Waals surface area contributed by atoms with Crippen molar-refractivity contribution >= 4 is 63.5 Å². The molecule has 2 aliphatic rings. The van der Waals surface area contributed by atoms with E-state index in [2.05, 4.69) is 16.4 Å². The second-order valence-corrected chi connectivity index (χ2v) is 20.5. The minimum Gasteiger partial charge on any atom is -0.494 e. The lowest BCUT2D eigenvalue weighted by Crippen LogP contribution is -2.57. The number of carbonyl (C=O) groups excluding carboxylic acids is 4. The highest BCUT2D eigenvalue weighted by molar-refractivity contribution is 7.81. The summed E-state index contributed by atoms with van der Waals surface area (Å²) in [6.45, 7) is 13.6. The molecule has 0 radical (unpaired) electrons. The third kappa shape index (κ3) is 11.6. The van der Waals surface area contributed by atoms with Crippen LogP contribution in [0, 0.1) is 30.6 Å². The van der Waals surface area contributed by atoms with E-state index in [1.165, 1.54) is 9.80 Å². The highest BCUT2D eigenvalue weighted by atomic mass is 32.1. The highest BCUT2D eigenvalue weighted by Gasteiger charge is 2.50. The van der Waals surface area contributed by atoms with Crippen molar-refractivity contribution in [3.63, 3.8) is 0 Å². The number of aliphatic hydroxyl groups is 1. The summed E-state index contributed by atoms with van der Waals surface area (Å²) < 4.78 is 11.8. The molecule has 0 bridgehead atoms. The molecule has 0 unspecified atom stereocenters. The average molecular weight is 969 g/mol. The number of nitrogens with one attached hydrogen (secondary N) is 1. The van der Waals surface area contributed by atoms with Gasteiger partial charge in [-0.15, -0.1) is 11.3 Å². The predicted molar refractivity (Wildman–Crippen MR) is 273 cm³/mol. The number of thiocarbonyl (C=S) groups is 1. The molecule has 0 saturated carbocycles. The lowest BCUT2D eigenvalue weighted by Gasteiger charge is -2.35. The van der Waals surface area contributed by atoms with Crippen LogP contribution in [0.5, 0.6) is 5.75 Å². The molecule has 3 heterocycles. The fraction of sp³-hybridized carbons (Fsp3) is 0.389. The van der Waals surface area contributed by atoms with Gasteiger partial charge in [-0.3, -0.25) is 24.1 Å². The van der Waals surface area contributed by atoms with Gasteiger partial charge in [0.2, 0.25) is 11.8 Å². The second kappa shape index (κ2) is 21.5. The van der Waals surface area contributed by atoms with Gasteiger partial charge in [-0.05, 0) is 135 Å². The fourth-order valence-electron chi connectivity index (χ4n) is 8.81. The fourth-order valence-corrected chi connectivity index (χ4v) is 10.1. The number of nitriles is 1. The number of aromatic nitrogens is 1. The number of amides is 3. The molecule has 1 aromatic heterocycles. The maximum Gasteiger partial charge on any atom is 0.259 e. The first-order valence-corrected chi connectivity index (χ1v) is 24.6. The van der Waals surface area contributed by atoms with Gasteiger partial charge in [-0.25, -0.2) is 4.98 Å². The number of aryl methyl sites for hydroxylation is 3. The zero-order valence-corrected chi connectivity index (χ0v) is 41.9. The number of ether oxygens (including phenoxy) is 2. The third-order valence-corrected chi connectivity index (χ3v) is 14.1. The Hall–Kier alpha value is -6.31. The van der Waals surface area contributed by atoms with Gasteiger partial charge in [-0.2, -0.15) is 5.26 Å². The molecule has 360 valence electrons. The smallest absolute Gasteiger partial charge is 0.259 e. The van der Waals surface area contributed by atoms with Crippen molar-refractivity contribution in [2.75, 3.05) is 36.2 Å². The van der Waals surface area contributed by atoms with E-state index in [4.69, 9.17) is 21.7 Å². The summed E-state index contributed by atoms with van der Waals surface area (Å²) in [5.74, 6) is -0.406. The molecule has 2 aliphatic heterocycles. The summed E-state index contributed by atoms with van der Waals surface area (Å²) in [5.41, 5.74) is 7.90. The molecule has 4 aromatic carbocycles. The summed E-state index contributed by atoms with van der Waals surface area (Å²) in [7, 11) is 0. The zero-order valence-electron chi connectivity index (χ0n) is 40.3. The van der Waals surface area contributed by atoms with Crippen LogP contribution in [-0.2, 0) is 30.3 Å². The molecule has 2 saturated heterocycles.